The SMILES string of the molecule is Nc1ccccc1-c1nn2c(-c3ccccc3)nnc2s1. The number of nitrogens with zero attached hydrogens (tertiary/aromatic N) is 4. The lowest BCUT2D eigenvalue weighted by molar-refractivity contribution is 0.971. The molecule has 4 aromatic rings. The quantitative estimate of drug-likeness (QED) is 0.577. The van der Waals surface area contributed by atoms with Gasteiger partial charge in [0.2, 0.25) is 4.96 Å². The second-order valence-corrected chi connectivity index (χ2v) is 5.53. The van der Waals surface area contributed by atoms with Gasteiger partial charge in [0.1, 0.15) is 5.01 Å². The number of hydrogen-bond donors (Lipinski definition) is 1. The molecule has 0 aliphatic heterocycles. The first-order valence-electron chi connectivity index (χ1n) is 6.45. The van der Waals surface area contributed by atoms with Gasteiger partial charge in [-0.1, -0.05) is 53.8 Å². The standard InChI is InChI=1S/C15H11N5S/c16-12-9-5-4-8-11(12)14-19-20-13(17-18-15(20)21-14)10-6-2-1-3-7-10/h1-9H,16H2. The van der Waals surface area contributed by atoms with E-state index in [1.54, 1.807) is 4.52 Å². The summed E-state index contributed by atoms with van der Waals surface area (Å²) in [6.07, 6.45) is 0. The van der Waals surface area contributed by atoms with E-state index in [1.807, 2.05) is 54.6 Å². The second-order valence-electron chi connectivity index (χ2n) is 4.58. The van der Waals surface area contributed by atoms with Gasteiger partial charge in [0.05, 0.1) is 0 Å². The summed E-state index contributed by atoms with van der Waals surface area (Å²) in [5, 5.41) is 13.9. The van der Waals surface area contributed by atoms with E-state index >= 15 is 0 Å². The molecule has 0 spiro atoms. The third kappa shape index (κ3) is 1.96. The van der Waals surface area contributed by atoms with Crippen molar-refractivity contribution in [2.45, 2.75) is 0 Å². The predicted molar refractivity (Wildman–Crippen MR) is 83.9 cm³/mol. The third-order valence-corrected chi connectivity index (χ3v) is 4.15. The molecular weight excluding hydrogens is 282 g/mol. The van der Waals surface area contributed by atoms with Crippen molar-refractivity contribution < 1.29 is 0 Å². The summed E-state index contributed by atoms with van der Waals surface area (Å²) in [7, 11) is 0. The average Bonchev–Trinajstić information content (AvgIpc) is 3.08. The highest BCUT2D eigenvalue weighted by atomic mass is 32.1. The molecule has 102 valence electrons. The minimum Gasteiger partial charge on any atom is -0.398 e. The molecule has 0 aliphatic rings. The Morgan fingerprint density at radius 1 is 0.905 bits per heavy atom. The number of nitrogen functional groups attached to an aromatic ring is 1. The first kappa shape index (κ1) is 12.0. The minimum atomic E-state index is 0.712. The normalized spacial score (nSPS) is 11.0. The van der Waals surface area contributed by atoms with Crippen molar-refractivity contribution in [2.24, 2.45) is 0 Å². The van der Waals surface area contributed by atoms with Crippen LogP contribution in [0.15, 0.2) is 54.6 Å². The van der Waals surface area contributed by atoms with Gasteiger partial charge in [-0.3, -0.25) is 0 Å². The Bertz CT molecular complexity index is 910. The number of para-hydroxylation sites is 1. The number of rotatable bonds is 2. The Morgan fingerprint density at radius 3 is 2.48 bits per heavy atom. The van der Waals surface area contributed by atoms with Gasteiger partial charge in [-0.2, -0.15) is 9.61 Å². The Balaban J connectivity index is 1.89. The molecule has 21 heavy (non-hydrogen) atoms. The van der Waals surface area contributed by atoms with Crippen molar-refractivity contribution in [1.82, 2.24) is 19.8 Å². The zero-order valence-corrected chi connectivity index (χ0v) is 11.8. The van der Waals surface area contributed by atoms with Crippen molar-refractivity contribution >= 4 is 22.0 Å². The highest BCUT2D eigenvalue weighted by molar-refractivity contribution is 7.19. The highest BCUT2D eigenvalue weighted by Gasteiger charge is 2.15. The van der Waals surface area contributed by atoms with Crippen LogP contribution in [0.4, 0.5) is 5.69 Å². The van der Waals surface area contributed by atoms with E-state index in [-0.39, 0.29) is 0 Å². The molecule has 0 saturated heterocycles. The van der Waals surface area contributed by atoms with Crippen LogP contribution in [-0.4, -0.2) is 19.8 Å². The van der Waals surface area contributed by atoms with Crippen molar-refractivity contribution in [3.05, 3.63) is 54.6 Å². The summed E-state index contributed by atoms with van der Waals surface area (Å²) in [4.78, 5) is 0.757. The summed E-state index contributed by atoms with van der Waals surface area (Å²) in [5.74, 6) is 0.739. The fraction of sp³-hybridized carbons (Fsp3) is 0. The molecule has 2 N–H and O–H groups in total. The lowest BCUT2D eigenvalue weighted by Crippen LogP contribution is -1.92. The summed E-state index contributed by atoms with van der Waals surface area (Å²) < 4.78 is 1.77. The highest BCUT2D eigenvalue weighted by Crippen LogP contribution is 2.31. The van der Waals surface area contributed by atoms with Crippen molar-refractivity contribution in [2.75, 3.05) is 5.73 Å². The maximum Gasteiger partial charge on any atom is 0.235 e. The topological polar surface area (TPSA) is 69.1 Å². The van der Waals surface area contributed by atoms with E-state index in [4.69, 9.17) is 5.73 Å². The average molecular weight is 293 g/mol. The lowest BCUT2D eigenvalue weighted by Gasteiger charge is -1.99. The summed E-state index contributed by atoms with van der Waals surface area (Å²) in [6.45, 7) is 0. The third-order valence-electron chi connectivity index (χ3n) is 3.21. The van der Waals surface area contributed by atoms with E-state index in [1.165, 1.54) is 11.3 Å². The van der Waals surface area contributed by atoms with Gasteiger partial charge in [-0.05, 0) is 12.1 Å². The molecule has 0 atom stereocenters. The van der Waals surface area contributed by atoms with Crippen molar-refractivity contribution in [3.8, 4) is 22.0 Å². The fourth-order valence-corrected chi connectivity index (χ4v) is 3.07. The molecule has 0 amide bonds. The van der Waals surface area contributed by atoms with Gasteiger partial charge in [0.15, 0.2) is 5.82 Å². The minimum absolute atomic E-state index is 0.712. The molecule has 2 aromatic carbocycles. The van der Waals surface area contributed by atoms with E-state index < -0.39 is 0 Å². The summed E-state index contributed by atoms with van der Waals surface area (Å²) in [6, 6.07) is 17.6. The van der Waals surface area contributed by atoms with Crippen LogP contribution in [0.2, 0.25) is 0 Å². The Hall–Kier alpha value is -2.73. The number of anilines is 1. The molecule has 0 fully saturated rings. The Morgan fingerprint density at radius 2 is 1.67 bits per heavy atom. The smallest absolute Gasteiger partial charge is 0.235 e. The molecule has 2 aromatic heterocycles. The van der Waals surface area contributed by atoms with E-state index in [2.05, 4.69) is 15.3 Å². The summed E-state index contributed by atoms with van der Waals surface area (Å²) in [5.41, 5.74) is 8.64. The zero-order chi connectivity index (χ0) is 14.2. The Kier molecular flexibility index (Phi) is 2.68. The molecule has 0 saturated carbocycles. The van der Waals surface area contributed by atoms with Gasteiger partial charge < -0.3 is 5.73 Å². The monoisotopic (exact) mass is 293 g/mol. The molecule has 2 heterocycles. The van der Waals surface area contributed by atoms with Crippen molar-refractivity contribution in [1.29, 1.82) is 0 Å². The van der Waals surface area contributed by atoms with Gasteiger partial charge in [-0.15, -0.1) is 10.2 Å². The first-order valence-corrected chi connectivity index (χ1v) is 7.27. The maximum atomic E-state index is 6.01. The number of hydrogen-bond acceptors (Lipinski definition) is 5. The van der Waals surface area contributed by atoms with Crippen LogP contribution in [0.5, 0.6) is 0 Å². The molecule has 4 rings (SSSR count). The number of benzene rings is 2. The van der Waals surface area contributed by atoms with Crippen LogP contribution in [0.25, 0.3) is 26.9 Å². The van der Waals surface area contributed by atoms with Gasteiger partial charge in [0.25, 0.3) is 0 Å². The van der Waals surface area contributed by atoms with E-state index in [0.717, 1.165) is 26.9 Å². The molecule has 0 unspecified atom stereocenters. The molecule has 0 aliphatic carbocycles. The van der Waals surface area contributed by atoms with Gasteiger partial charge >= 0.3 is 0 Å². The molecule has 5 nitrogen and oxygen atoms in total. The number of aromatic nitrogens is 4. The van der Waals surface area contributed by atoms with Crippen LogP contribution < -0.4 is 5.73 Å². The van der Waals surface area contributed by atoms with E-state index in [9.17, 15) is 0 Å². The summed E-state index contributed by atoms with van der Waals surface area (Å²) >= 11 is 1.48. The van der Waals surface area contributed by atoms with Crippen LogP contribution in [0, 0.1) is 0 Å². The molecular formula is C15H11N5S. The lowest BCUT2D eigenvalue weighted by atomic mass is 10.2. The first-order chi connectivity index (χ1) is 10.3. The van der Waals surface area contributed by atoms with Crippen LogP contribution in [-0.2, 0) is 0 Å². The fourth-order valence-electron chi connectivity index (χ4n) is 2.18. The number of nitrogens with two attached hydrogens (primary N) is 1. The van der Waals surface area contributed by atoms with E-state index in [0.29, 0.717) is 5.69 Å². The van der Waals surface area contributed by atoms with Gasteiger partial charge in [-0.25, -0.2) is 0 Å². The van der Waals surface area contributed by atoms with Crippen molar-refractivity contribution in [3.63, 3.8) is 0 Å². The molecule has 0 bridgehead atoms. The van der Waals surface area contributed by atoms with Crippen LogP contribution >= 0.6 is 11.3 Å². The Labute approximate surface area is 124 Å². The maximum absolute atomic E-state index is 6.01. The largest absolute Gasteiger partial charge is 0.398 e. The predicted octanol–water partition coefficient (Wildman–Crippen LogP) is 3.10. The zero-order valence-electron chi connectivity index (χ0n) is 11.0. The number of fused-ring (bicyclic) bond motifs is 1. The van der Waals surface area contributed by atoms with Crippen LogP contribution in [0.1, 0.15) is 0 Å². The molecule has 0 radical (unpaired) electrons. The van der Waals surface area contributed by atoms with Crippen LogP contribution in [0.3, 0.4) is 0 Å². The second kappa shape index (κ2) is 4.68. The molecule has 6 heteroatoms. The van der Waals surface area contributed by atoms with Gasteiger partial charge in [0, 0.05) is 16.8 Å².